The van der Waals surface area contributed by atoms with Gasteiger partial charge in [-0.25, -0.2) is 4.79 Å². The summed E-state index contributed by atoms with van der Waals surface area (Å²) >= 11 is 3.34. The van der Waals surface area contributed by atoms with E-state index in [1.165, 1.54) is 0 Å². The Morgan fingerprint density at radius 2 is 2.06 bits per heavy atom. The lowest BCUT2D eigenvalue weighted by Crippen LogP contribution is -2.30. The van der Waals surface area contributed by atoms with Crippen LogP contribution in [0.15, 0.2) is 28.7 Å². The topological polar surface area (TPSA) is 84.2 Å². The molecule has 0 atom stereocenters. The lowest BCUT2D eigenvalue weighted by Gasteiger charge is -2.05. The van der Waals surface area contributed by atoms with Crippen molar-refractivity contribution in [3.63, 3.8) is 0 Å². The summed E-state index contributed by atoms with van der Waals surface area (Å²) in [6.07, 6.45) is 1.86. The molecule has 0 heterocycles. The number of nitrogens with two attached hydrogens (primary N) is 1. The van der Waals surface area contributed by atoms with Crippen LogP contribution in [0.25, 0.3) is 0 Å². The third-order valence-electron chi connectivity index (χ3n) is 2.24. The SMILES string of the molecule is NC(=O)NCCCCC(=O)Nc1cccc(Br)c1. The molecule has 18 heavy (non-hydrogen) atoms. The highest BCUT2D eigenvalue weighted by Gasteiger charge is 2.02. The van der Waals surface area contributed by atoms with Crippen molar-refractivity contribution in [1.29, 1.82) is 0 Å². The fourth-order valence-corrected chi connectivity index (χ4v) is 1.81. The van der Waals surface area contributed by atoms with Gasteiger partial charge in [0.1, 0.15) is 0 Å². The second kappa shape index (κ2) is 7.71. The molecule has 6 heteroatoms. The minimum absolute atomic E-state index is 0.0350. The largest absolute Gasteiger partial charge is 0.352 e. The third-order valence-corrected chi connectivity index (χ3v) is 2.73. The van der Waals surface area contributed by atoms with E-state index in [9.17, 15) is 9.59 Å². The molecule has 0 fully saturated rings. The van der Waals surface area contributed by atoms with Crippen molar-refractivity contribution in [2.75, 3.05) is 11.9 Å². The van der Waals surface area contributed by atoms with Gasteiger partial charge in [0, 0.05) is 23.1 Å². The van der Waals surface area contributed by atoms with Gasteiger partial charge in [-0.3, -0.25) is 4.79 Å². The first-order chi connectivity index (χ1) is 8.58. The van der Waals surface area contributed by atoms with Crippen molar-refractivity contribution in [2.24, 2.45) is 5.73 Å². The number of unbranched alkanes of at least 4 members (excludes halogenated alkanes) is 1. The number of rotatable bonds is 6. The Hall–Kier alpha value is -1.56. The number of hydrogen-bond donors (Lipinski definition) is 3. The van der Waals surface area contributed by atoms with Crippen LogP contribution < -0.4 is 16.4 Å². The standard InChI is InChI=1S/C12H16BrN3O2/c13-9-4-3-5-10(8-9)16-11(17)6-1-2-7-15-12(14)18/h3-5,8H,1-2,6-7H2,(H,16,17)(H3,14,15,18). The average molecular weight is 314 g/mol. The second-order valence-corrected chi connectivity index (χ2v) is 4.72. The van der Waals surface area contributed by atoms with Gasteiger partial charge < -0.3 is 16.4 Å². The molecule has 0 aliphatic heterocycles. The summed E-state index contributed by atoms with van der Waals surface area (Å²) in [5, 5.41) is 5.28. The van der Waals surface area contributed by atoms with Crippen LogP contribution in [0, 0.1) is 0 Å². The van der Waals surface area contributed by atoms with E-state index >= 15 is 0 Å². The number of primary amides is 1. The molecule has 4 N–H and O–H groups in total. The fraction of sp³-hybridized carbons (Fsp3) is 0.333. The first-order valence-electron chi connectivity index (χ1n) is 5.66. The van der Waals surface area contributed by atoms with E-state index in [0.29, 0.717) is 19.4 Å². The zero-order valence-electron chi connectivity index (χ0n) is 9.91. The number of hydrogen-bond acceptors (Lipinski definition) is 2. The van der Waals surface area contributed by atoms with Gasteiger partial charge >= 0.3 is 6.03 Å². The molecule has 1 rings (SSSR count). The van der Waals surface area contributed by atoms with Crippen molar-refractivity contribution < 1.29 is 9.59 Å². The van der Waals surface area contributed by atoms with Crippen molar-refractivity contribution in [3.05, 3.63) is 28.7 Å². The van der Waals surface area contributed by atoms with Gasteiger partial charge in [-0.2, -0.15) is 0 Å². The molecule has 0 aromatic heterocycles. The number of amides is 3. The van der Waals surface area contributed by atoms with Crippen molar-refractivity contribution in [2.45, 2.75) is 19.3 Å². The van der Waals surface area contributed by atoms with Gasteiger partial charge in [-0.05, 0) is 31.0 Å². The molecule has 0 saturated carbocycles. The van der Waals surface area contributed by atoms with Crippen molar-refractivity contribution in [1.82, 2.24) is 5.32 Å². The maximum Gasteiger partial charge on any atom is 0.312 e. The summed E-state index contributed by atoms with van der Waals surface area (Å²) < 4.78 is 0.922. The van der Waals surface area contributed by atoms with E-state index in [1.807, 2.05) is 24.3 Å². The summed E-state index contributed by atoms with van der Waals surface area (Å²) in [7, 11) is 0. The lowest BCUT2D eigenvalue weighted by molar-refractivity contribution is -0.116. The summed E-state index contributed by atoms with van der Waals surface area (Å²) in [5.74, 6) is -0.0350. The quantitative estimate of drug-likeness (QED) is 0.704. The molecule has 5 nitrogen and oxygen atoms in total. The predicted octanol–water partition coefficient (Wildman–Crippen LogP) is 2.23. The fourth-order valence-electron chi connectivity index (χ4n) is 1.41. The van der Waals surface area contributed by atoms with E-state index in [-0.39, 0.29) is 5.91 Å². The molecule has 0 saturated heterocycles. The van der Waals surface area contributed by atoms with E-state index in [4.69, 9.17) is 5.73 Å². The highest BCUT2D eigenvalue weighted by Crippen LogP contribution is 2.15. The molecule has 0 bridgehead atoms. The summed E-state index contributed by atoms with van der Waals surface area (Å²) in [5.41, 5.74) is 5.69. The predicted molar refractivity (Wildman–Crippen MR) is 74.2 cm³/mol. The Balaban J connectivity index is 2.20. The molecule has 0 unspecified atom stereocenters. The first kappa shape index (κ1) is 14.5. The molecule has 98 valence electrons. The number of carbonyl (C=O) groups is 2. The third kappa shape index (κ3) is 6.24. The number of anilines is 1. The van der Waals surface area contributed by atoms with Crippen LogP contribution in [0.1, 0.15) is 19.3 Å². The first-order valence-corrected chi connectivity index (χ1v) is 6.46. The van der Waals surface area contributed by atoms with Gasteiger partial charge in [0.15, 0.2) is 0 Å². The highest BCUT2D eigenvalue weighted by molar-refractivity contribution is 9.10. The number of urea groups is 1. The van der Waals surface area contributed by atoms with Gasteiger partial charge in [-0.1, -0.05) is 22.0 Å². The molecule has 0 spiro atoms. The maximum absolute atomic E-state index is 11.6. The minimum Gasteiger partial charge on any atom is -0.352 e. The average Bonchev–Trinajstić information content (AvgIpc) is 2.28. The van der Waals surface area contributed by atoms with Crippen LogP contribution >= 0.6 is 15.9 Å². The Kier molecular flexibility index (Phi) is 6.21. The second-order valence-electron chi connectivity index (χ2n) is 3.81. The van der Waals surface area contributed by atoms with Crippen LogP contribution in [0.3, 0.4) is 0 Å². The number of halogens is 1. The zero-order chi connectivity index (χ0) is 13.4. The Labute approximate surface area is 114 Å². The van der Waals surface area contributed by atoms with Gasteiger partial charge in [-0.15, -0.1) is 0 Å². The van der Waals surface area contributed by atoms with Crippen LogP contribution in [0.5, 0.6) is 0 Å². The molecular weight excluding hydrogens is 298 g/mol. The van der Waals surface area contributed by atoms with Gasteiger partial charge in [0.05, 0.1) is 0 Å². The molecular formula is C12H16BrN3O2. The summed E-state index contributed by atoms with van der Waals surface area (Å²) in [6, 6.07) is 6.89. The maximum atomic E-state index is 11.6. The summed E-state index contributed by atoms with van der Waals surface area (Å²) in [4.78, 5) is 22.0. The number of nitrogens with one attached hydrogen (secondary N) is 2. The zero-order valence-corrected chi connectivity index (χ0v) is 11.5. The minimum atomic E-state index is -0.534. The Morgan fingerprint density at radius 3 is 2.72 bits per heavy atom. The molecule has 0 aliphatic carbocycles. The normalized spacial score (nSPS) is 9.83. The van der Waals surface area contributed by atoms with Crippen LogP contribution in [0.4, 0.5) is 10.5 Å². The van der Waals surface area contributed by atoms with Crippen LogP contribution in [0.2, 0.25) is 0 Å². The van der Waals surface area contributed by atoms with E-state index in [2.05, 4.69) is 26.6 Å². The van der Waals surface area contributed by atoms with Crippen molar-refractivity contribution in [3.8, 4) is 0 Å². The smallest absolute Gasteiger partial charge is 0.312 e. The summed E-state index contributed by atoms with van der Waals surface area (Å²) in [6.45, 7) is 0.500. The number of benzene rings is 1. The van der Waals surface area contributed by atoms with E-state index in [1.54, 1.807) is 0 Å². The molecule has 3 amide bonds. The van der Waals surface area contributed by atoms with Crippen molar-refractivity contribution >= 4 is 33.6 Å². The Morgan fingerprint density at radius 1 is 1.28 bits per heavy atom. The Bertz CT molecular complexity index is 424. The van der Waals surface area contributed by atoms with Crippen LogP contribution in [-0.2, 0) is 4.79 Å². The highest BCUT2D eigenvalue weighted by atomic mass is 79.9. The lowest BCUT2D eigenvalue weighted by atomic mass is 10.2. The monoisotopic (exact) mass is 313 g/mol. The van der Waals surface area contributed by atoms with Crippen LogP contribution in [-0.4, -0.2) is 18.5 Å². The van der Waals surface area contributed by atoms with Gasteiger partial charge in [0.25, 0.3) is 0 Å². The molecule has 0 radical (unpaired) electrons. The molecule has 1 aromatic carbocycles. The molecule has 0 aliphatic rings. The van der Waals surface area contributed by atoms with E-state index < -0.39 is 6.03 Å². The van der Waals surface area contributed by atoms with Gasteiger partial charge in [0.2, 0.25) is 5.91 Å². The number of carbonyl (C=O) groups excluding carboxylic acids is 2. The molecule has 1 aromatic rings. The van der Waals surface area contributed by atoms with E-state index in [0.717, 1.165) is 16.6 Å².